The molecule has 0 radical (unpaired) electrons. The van der Waals surface area contributed by atoms with Crippen molar-refractivity contribution < 1.29 is 19.5 Å². The summed E-state index contributed by atoms with van der Waals surface area (Å²) in [7, 11) is 0. The van der Waals surface area contributed by atoms with E-state index in [1.807, 2.05) is 41.3 Å². The summed E-state index contributed by atoms with van der Waals surface area (Å²) in [5, 5.41) is 9.48. The lowest BCUT2D eigenvalue weighted by Crippen LogP contribution is -2.53. The Morgan fingerprint density at radius 2 is 1.79 bits per heavy atom. The number of amides is 3. The fraction of sp³-hybridized carbons (Fsp3) is 0.552. The number of para-hydroxylation sites is 1. The van der Waals surface area contributed by atoms with Crippen LogP contribution in [0.25, 0.3) is 0 Å². The summed E-state index contributed by atoms with van der Waals surface area (Å²) in [5.41, 5.74) is 0.627. The van der Waals surface area contributed by atoms with Crippen molar-refractivity contribution in [1.29, 1.82) is 0 Å². The Labute approximate surface area is 233 Å². The highest BCUT2D eigenvalue weighted by atomic mass is 35.5. The molecule has 2 saturated heterocycles. The molecule has 0 bridgehead atoms. The highest BCUT2D eigenvalue weighted by Gasteiger charge is 2.70. The third-order valence-corrected chi connectivity index (χ3v) is 10.2. The van der Waals surface area contributed by atoms with E-state index < -0.39 is 22.6 Å². The van der Waals surface area contributed by atoms with E-state index in [2.05, 4.69) is 13.0 Å². The van der Waals surface area contributed by atoms with Gasteiger partial charge < -0.3 is 19.8 Å². The zero-order valence-electron chi connectivity index (χ0n) is 21.8. The Balaban J connectivity index is 1.54. The van der Waals surface area contributed by atoms with Gasteiger partial charge in [-0.15, -0.1) is 11.8 Å². The van der Waals surface area contributed by atoms with Gasteiger partial charge in [0.25, 0.3) is 5.91 Å². The summed E-state index contributed by atoms with van der Waals surface area (Å²) in [6.07, 6.45) is 12.2. The second-order valence-corrected chi connectivity index (χ2v) is 12.4. The van der Waals surface area contributed by atoms with Crippen LogP contribution in [0.3, 0.4) is 0 Å². The van der Waals surface area contributed by atoms with Crippen molar-refractivity contribution >= 4 is 46.8 Å². The maximum atomic E-state index is 14.4. The molecule has 0 aromatic heterocycles. The van der Waals surface area contributed by atoms with Crippen molar-refractivity contribution in [3.8, 4) is 0 Å². The zero-order chi connectivity index (χ0) is 26.9. The van der Waals surface area contributed by atoms with Crippen LogP contribution in [0, 0.1) is 11.8 Å². The number of aliphatic hydroxyl groups is 1. The van der Waals surface area contributed by atoms with Gasteiger partial charge in [-0.25, -0.2) is 0 Å². The smallest absolute Gasteiger partial charge is 0.251 e. The topological polar surface area (TPSA) is 81.2 Å². The second-order valence-electron chi connectivity index (χ2n) is 10.5. The molecule has 1 spiro atoms. The van der Waals surface area contributed by atoms with Gasteiger partial charge in [0.1, 0.15) is 6.04 Å². The van der Waals surface area contributed by atoms with Gasteiger partial charge in [0.15, 0.2) is 0 Å². The molecule has 5 atom stereocenters. The summed E-state index contributed by atoms with van der Waals surface area (Å²) in [6, 6.07) is 6.57. The highest BCUT2D eigenvalue weighted by molar-refractivity contribution is 8.02. The fourth-order valence-corrected chi connectivity index (χ4v) is 8.78. The second kappa shape index (κ2) is 11.4. The number of carbonyl (C=O) groups is 3. The van der Waals surface area contributed by atoms with Crippen molar-refractivity contribution in [3.05, 3.63) is 53.6 Å². The number of nitrogens with zero attached hydrogens (tertiary/aromatic N) is 3. The molecule has 38 heavy (non-hydrogen) atoms. The Morgan fingerprint density at radius 1 is 1.00 bits per heavy atom. The normalized spacial score (nSPS) is 30.4. The quantitative estimate of drug-likeness (QED) is 0.368. The first kappa shape index (κ1) is 27.3. The maximum Gasteiger partial charge on any atom is 0.251 e. The summed E-state index contributed by atoms with van der Waals surface area (Å²) < 4.78 is -0.820. The van der Waals surface area contributed by atoms with Gasteiger partial charge in [0.05, 0.1) is 27.3 Å². The van der Waals surface area contributed by atoms with Crippen molar-refractivity contribution in [2.45, 2.75) is 55.1 Å². The molecule has 0 saturated carbocycles. The van der Waals surface area contributed by atoms with Crippen LogP contribution >= 0.6 is 23.4 Å². The van der Waals surface area contributed by atoms with E-state index in [4.69, 9.17) is 16.7 Å². The number of aliphatic hydroxyl groups excluding tert-OH is 1. The number of unbranched alkanes of at least 4 members (excludes halogenated alkanes) is 3. The number of likely N-dealkylation sites (tertiary alicyclic amines) is 1. The molecule has 4 aliphatic rings. The third kappa shape index (κ3) is 4.58. The minimum absolute atomic E-state index is 0.0150. The van der Waals surface area contributed by atoms with E-state index in [-0.39, 0.29) is 29.6 Å². The number of rotatable bonds is 9. The maximum absolute atomic E-state index is 14.4. The standard InChI is InChI=1S/C29H36ClN3O4S/c1-2-15-31-16-9-13-22-23(26(31)35)24-27(36)33(17-7-3-4-8-19-34)25-28(37)32(18-10-14-29(24,25)38-22)21-12-6-5-11-20(21)30/h5-6,9-14,22-25,34H,2-4,7-8,15-19H2,1H3/t22-,23+,24+,25?,29+/m1/s1. The Bertz CT molecular complexity index is 1140. The van der Waals surface area contributed by atoms with Crippen LogP contribution in [0.15, 0.2) is 48.6 Å². The highest BCUT2D eigenvalue weighted by Crippen LogP contribution is 2.61. The van der Waals surface area contributed by atoms with Crippen LogP contribution in [0.5, 0.6) is 0 Å². The summed E-state index contributed by atoms with van der Waals surface area (Å²) in [4.78, 5) is 47.8. The van der Waals surface area contributed by atoms with Crippen molar-refractivity contribution in [2.24, 2.45) is 11.8 Å². The molecule has 3 amide bonds. The van der Waals surface area contributed by atoms with Crippen molar-refractivity contribution in [1.82, 2.24) is 9.80 Å². The van der Waals surface area contributed by atoms with Crippen LogP contribution < -0.4 is 4.90 Å². The number of fused-ring (bicyclic) bond motifs is 2. The van der Waals surface area contributed by atoms with Gasteiger partial charge in [-0.2, -0.15) is 0 Å². The van der Waals surface area contributed by atoms with E-state index in [0.717, 1.165) is 32.1 Å². The van der Waals surface area contributed by atoms with Crippen molar-refractivity contribution in [2.75, 3.05) is 37.7 Å². The number of thioether (sulfide) groups is 1. The first-order chi connectivity index (χ1) is 18.4. The molecule has 5 rings (SSSR count). The van der Waals surface area contributed by atoms with E-state index >= 15 is 0 Å². The molecule has 4 heterocycles. The van der Waals surface area contributed by atoms with E-state index in [1.165, 1.54) is 0 Å². The lowest BCUT2D eigenvalue weighted by atomic mass is 9.78. The molecule has 4 aliphatic heterocycles. The Hall–Kier alpha value is -2.29. The van der Waals surface area contributed by atoms with Gasteiger partial charge in [-0.1, -0.05) is 67.8 Å². The minimum Gasteiger partial charge on any atom is -0.396 e. The monoisotopic (exact) mass is 557 g/mol. The lowest BCUT2D eigenvalue weighted by molar-refractivity contribution is -0.142. The van der Waals surface area contributed by atoms with Gasteiger partial charge in [-0.05, 0) is 31.4 Å². The van der Waals surface area contributed by atoms with Crippen LogP contribution in [0.1, 0.15) is 39.0 Å². The summed E-state index contributed by atoms with van der Waals surface area (Å²) in [6.45, 7) is 4.21. The molecule has 0 aliphatic carbocycles. The Kier molecular flexibility index (Phi) is 8.22. The predicted octanol–water partition coefficient (Wildman–Crippen LogP) is 3.90. The molecular formula is C29H36ClN3O4S. The number of hydrogen-bond donors (Lipinski definition) is 1. The molecule has 1 unspecified atom stereocenters. The van der Waals surface area contributed by atoms with Crippen LogP contribution in [-0.4, -0.2) is 81.5 Å². The Morgan fingerprint density at radius 3 is 2.55 bits per heavy atom. The molecule has 1 N–H and O–H groups in total. The SMILES string of the molecule is CCCN1CC=C[C@H]2S[C@]34C=CCN(c5ccccc5Cl)C(=O)C3N(CCCCCCO)C(=O)[C@@H]4[C@H]2C1=O. The fourth-order valence-electron chi connectivity index (χ4n) is 6.53. The summed E-state index contributed by atoms with van der Waals surface area (Å²) in [5.74, 6) is -1.33. The third-order valence-electron chi connectivity index (χ3n) is 8.19. The number of benzene rings is 1. The number of carbonyl (C=O) groups excluding carboxylic acids is 3. The first-order valence-electron chi connectivity index (χ1n) is 13.7. The van der Waals surface area contributed by atoms with Crippen LogP contribution in [-0.2, 0) is 14.4 Å². The van der Waals surface area contributed by atoms with Crippen LogP contribution in [0.2, 0.25) is 5.02 Å². The number of hydrogen-bond acceptors (Lipinski definition) is 5. The summed E-state index contributed by atoms with van der Waals surface area (Å²) >= 11 is 8.13. The number of halogens is 1. The zero-order valence-corrected chi connectivity index (χ0v) is 23.4. The van der Waals surface area contributed by atoms with Gasteiger partial charge in [-0.3, -0.25) is 14.4 Å². The molecular weight excluding hydrogens is 522 g/mol. The average molecular weight is 558 g/mol. The van der Waals surface area contributed by atoms with Crippen molar-refractivity contribution in [3.63, 3.8) is 0 Å². The molecule has 204 valence electrons. The molecule has 1 aromatic rings. The predicted molar refractivity (Wildman–Crippen MR) is 151 cm³/mol. The molecule has 7 nitrogen and oxygen atoms in total. The van der Waals surface area contributed by atoms with Gasteiger partial charge in [0.2, 0.25) is 11.8 Å². The first-order valence-corrected chi connectivity index (χ1v) is 15.0. The molecule has 9 heteroatoms. The van der Waals surface area contributed by atoms with Gasteiger partial charge >= 0.3 is 0 Å². The van der Waals surface area contributed by atoms with Gasteiger partial charge in [0, 0.05) is 38.0 Å². The minimum atomic E-state index is -0.820. The largest absolute Gasteiger partial charge is 0.396 e. The van der Waals surface area contributed by atoms with E-state index in [0.29, 0.717) is 36.9 Å². The average Bonchev–Trinajstić information content (AvgIpc) is 3.22. The lowest BCUT2D eigenvalue weighted by Gasteiger charge is -2.35. The van der Waals surface area contributed by atoms with E-state index in [9.17, 15) is 14.4 Å². The molecule has 2 fully saturated rings. The van der Waals surface area contributed by atoms with Crippen LogP contribution in [0.4, 0.5) is 5.69 Å². The van der Waals surface area contributed by atoms with E-state index in [1.54, 1.807) is 27.6 Å². The number of anilines is 1. The molecule has 1 aromatic carbocycles.